The van der Waals surface area contributed by atoms with Gasteiger partial charge in [0.2, 0.25) is 0 Å². The Morgan fingerprint density at radius 3 is 2.85 bits per heavy atom. The quantitative estimate of drug-likeness (QED) is 0.487. The molecule has 1 saturated heterocycles. The summed E-state index contributed by atoms with van der Waals surface area (Å²) in [7, 11) is 3.96. The van der Waals surface area contributed by atoms with E-state index in [1.807, 2.05) is 50.2 Å². The third-order valence-corrected chi connectivity index (χ3v) is 4.24. The molecule has 1 aromatic carbocycles. The number of rotatable bonds is 7. The monoisotopic (exact) mass is 361 g/mol. The summed E-state index contributed by atoms with van der Waals surface area (Å²) in [6.07, 6.45) is 0.487. The molecule has 0 bridgehead atoms. The number of aliphatic hydroxyl groups excluding tert-OH is 1. The molecule has 1 fully saturated rings. The Morgan fingerprint density at radius 2 is 2.19 bits per heavy atom. The van der Waals surface area contributed by atoms with Crippen LogP contribution in [0.15, 0.2) is 29.3 Å². The van der Waals surface area contributed by atoms with Gasteiger partial charge in [0.25, 0.3) is 5.91 Å². The van der Waals surface area contributed by atoms with E-state index >= 15 is 0 Å². The minimum atomic E-state index is -0.284. The molecule has 26 heavy (non-hydrogen) atoms. The predicted molar refractivity (Wildman–Crippen MR) is 104 cm³/mol. The smallest absolute Gasteiger partial charge is 0.251 e. The first kappa shape index (κ1) is 20.2. The Kier molecular flexibility index (Phi) is 7.87. The number of amides is 1. The maximum atomic E-state index is 12.3. The highest BCUT2D eigenvalue weighted by molar-refractivity contribution is 5.94. The number of hydrogen-bond acceptors (Lipinski definition) is 4. The fourth-order valence-corrected chi connectivity index (χ4v) is 2.83. The minimum absolute atomic E-state index is 0.0627. The van der Waals surface area contributed by atoms with E-state index in [9.17, 15) is 9.90 Å². The van der Waals surface area contributed by atoms with Crippen LogP contribution < -0.4 is 10.6 Å². The SMILES string of the molecule is CCNC(=NCc1cccc(C(=O)NCCN(C)C)c1)N1CC[C@@H](O)C1. The number of aliphatic hydroxyl groups is 1. The van der Waals surface area contributed by atoms with Gasteiger partial charge in [-0.3, -0.25) is 4.79 Å². The lowest BCUT2D eigenvalue weighted by molar-refractivity contribution is 0.0951. The molecule has 1 aliphatic rings. The van der Waals surface area contributed by atoms with Gasteiger partial charge in [-0.1, -0.05) is 12.1 Å². The number of nitrogens with zero attached hydrogens (tertiary/aromatic N) is 3. The van der Waals surface area contributed by atoms with Crippen LogP contribution >= 0.6 is 0 Å². The molecule has 1 heterocycles. The fraction of sp³-hybridized carbons (Fsp3) is 0.579. The summed E-state index contributed by atoms with van der Waals surface area (Å²) in [4.78, 5) is 21.0. The molecule has 1 aliphatic heterocycles. The van der Waals surface area contributed by atoms with Crippen LogP contribution in [0.3, 0.4) is 0 Å². The van der Waals surface area contributed by atoms with Crippen LogP contribution in [0.2, 0.25) is 0 Å². The van der Waals surface area contributed by atoms with Crippen molar-refractivity contribution >= 4 is 11.9 Å². The average molecular weight is 361 g/mol. The van der Waals surface area contributed by atoms with Gasteiger partial charge in [-0.15, -0.1) is 0 Å². The van der Waals surface area contributed by atoms with Crippen LogP contribution in [-0.4, -0.2) is 79.7 Å². The molecule has 144 valence electrons. The van der Waals surface area contributed by atoms with Crippen LogP contribution in [-0.2, 0) is 6.54 Å². The predicted octanol–water partition coefficient (Wildman–Crippen LogP) is 0.510. The molecule has 0 unspecified atom stereocenters. The van der Waals surface area contributed by atoms with E-state index in [-0.39, 0.29) is 12.0 Å². The number of carbonyl (C=O) groups excluding carboxylic acids is 1. The Labute approximate surface area is 156 Å². The minimum Gasteiger partial charge on any atom is -0.391 e. The molecule has 7 heteroatoms. The van der Waals surface area contributed by atoms with Crippen LogP contribution in [0.5, 0.6) is 0 Å². The van der Waals surface area contributed by atoms with Gasteiger partial charge in [0.15, 0.2) is 5.96 Å². The molecular weight excluding hydrogens is 330 g/mol. The van der Waals surface area contributed by atoms with E-state index < -0.39 is 0 Å². The molecule has 1 atom stereocenters. The Hall–Kier alpha value is -2.12. The van der Waals surface area contributed by atoms with Gasteiger partial charge in [-0.05, 0) is 45.1 Å². The summed E-state index contributed by atoms with van der Waals surface area (Å²) >= 11 is 0. The zero-order valence-electron chi connectivity index (χ0n) is 16.0. The number of likely N-dealkylation sites (tertiary alicyclic amines) is 1. The maximum absolute atomic E-state index is 12.3. The second kappa shape index (κ2) is 10.1. The van der Waals surface area contributed by atoms with Crippen LogP contribution in [0.25, 0.3) is 0 Å². The molecule has 0 radical (unpaired) electrons. The highest BCUT2D eigenvalue weighted by Gasteiger charge is 2.22. The van der Waals surface area contributed by atoms with Gasteiger partial charge in [-0.25, -0.2) is 4.99 Å². The summed E-state index contributed by atoms with van der Waals surface area (Å²) < 4.78 is 0. The van der Waals surface area contributed by atoms with Crippen molar-refractivity contribution in [1.82, 2.24) is 20.4 Å². The van der Waals surface area contributed by atoms with Gasteiger partial charge in [-0.2, -0.15) is 0 Å². The van der Waals surface area contributed by atoms with E-state index in [0.717, 1.165) is 37.6 Å². The van der Waals surface area contributed by atoms with E-state index in [0.29, 0.717) is 25.2 Å². The number of nitrogens with one attached hydrogen (secondary N) is 2. The van der Waals surface area contributed by atoms with Crippen molar-refractivity contribution in [2.45, 2.75) is 26.0 Å². The van der Waals surface area contributed by atoms with E-state index in [1.165, 1.54) is 0 Å². The van der Waals surface area contributed by atoms with Crippen LogP contribution in [0.1, 0.15) is 29.3 Å². The highest BCUT2D eigenvalue weighted by Crippen LogP contribution is 2.11. The van der Waals surface area contributed by atoms with Crippen molar-refractivity contribution in [3.05, 3.63) is 35.4 Å². The molecular formula is C19H31N5O2. The summed E-state index contributed by atoms with van der Waals surface area (Å²) in [6.45, 7) is 6.15. The second-order valence-electron chi connectivity index (χ2n) is 6.82. The van der Waals surface area contributed by atoms with Crippen LogP contribution in [0, 0.1) is 0 Å². The number of hydrogen-bond donors (Lipinski definition) is 3. The number of carbonyl (C=O) groups is 1. The number of aliphatic imine (C=N–C) groups is 1. The first-order valence-corrected chi connectivity index (χ1v) is 9.22. The third kappa shape index (κ3) is 6.31. The van der Waals surface area contributed by atoms with E-state index in [4.69, 9.17) is 0 Å². The summed E-state index contributed by atoms with van der Waals surface area (Å²) in [5, 5.41) is 15.9. The first-order chi connectivity index (χ1) is 12.5. The Balaban J connectivity index is 1.98. The normalized spacial score (nSPS) is 17.7. The number of likely N-dealkylation sites (N-methyl/N-ethyl adjacent to an activating group) is 1. The Bertz CT molecular complexity index is 618. The van der Waals surface area contributed by atoms with E-state index in [1.54, 1.807) is 0 Å². The largest absolute Gasteiger partial charge is 0.391 e. The highest BCUT2D eigenvalue weighted by atomic mass is 16.3. The molecule has 0 aliphatic carbocycles. The van der Waals surface area contributed by atoms with Gasteiger partial charge in [0.05, 0.1) is 12.6 Å². The molecule has 3 N–H and O–H groups in total. The lowest BCUT2D eigenvalue weighted by Gasteiger charge is -2.21. The summed E-state index contributed by atoms with van der Waals surface area (Å²) in [5.41, 5.74) is 1.64. The van der Waals surface area contributed by atoms with Gasteiger partial charge in [0, 0.05) is 38.3 Å². The van der Waals surface area contributed by atoms with Crippen LogP contribution in [0.4, 0.5) is 0 Å². The number of benzene rings is 1. The van der Waals surface area contributed by atoms with Gasteiger partial charge in [0.1, 0.15) is 0 Å². The molecule has 0 saturated carbocycles. The van der Waals surface area contributed by atoms with Gasteiger partial charge < -0.3 is 25.5 Å². The van der Waals surface area contributed by atoms with Crippen molar-refractivity contribution in [3.8, 4) is 0 Å². The average Bonchev–Trinajstić information content (AvgIpc) is 3.04. The third-order valence-electron chi connectivity index (χ3n) is 4.24. The molecule has 7 nitrogen and oxygen atoms in total. The van der Waals surface area contributed by atoms with Gasteiger partial charge >= 0.3 is 0 Å². The molecule has 0 aromatic heterocycles. The molecule has 1 amide bonds. The van der Waals surface area contributed by atoms with E-state index in [2.05, 4.69) is 20.5 Å². The first-order valence-electron chi connectivity index (χ1n) is 9.22. The maximum Gasteiger partial charge on any atom is 0.251 e. The lowest BCUT2D eigenvalue weighted by Crippen LogP contribution is -2.40. The second-order valence-corrected chi connectivity index (χ2v) is 6.82. The van der Waals surface area contributed by atoms with Crippen molar-refractivity contribution in [2.24, 2.45) is 4.99 Å². The fourth-order valence-electron chi connectivity index (χ4n) is 2.83. The number of guanidine groups is 1. The summed E-state index contributed by atoms with van der Waals surface area (Å²) in [5.74, 6) is 0.747. The summed E-state index contributed by atoms with van der Waals surface area (Å²) in [6, 6.07) is 7.57. The van der Waals surface area contributed by atoms with Crippen molar-refractivity contribution in [1.29, 1.82) is 0 Å². The zero-order valence-corrected chi connectivity index (χ0v) is 16.0. The standard InChI is InChI=1S/C19H31N5O2/c1-4-20-19(24-10-8-17(25)14-24)22-13-15-6-5-7-16(12-15)18(26)21-9-11-23(2)3/h5-7,12,17,25H,4,8-11,13-14H2,1-3H3,(H,20,22)(H,21,26)/t17-/m1/s1. The van der Waals surface area contributed by atoms with Crippen molar-refractivity contribution in [2.75, 3.05) is 46.8 Å². The molecule has 2 rings (SSSR count). The topological polar surface area (TPSA) is 80.2 Å². The zero-order chi connectivity index (χ0) is 18.9. The Morgan fingerprint density at radius 1 is 1.38 bits per heavy atom. The molecule has 1 aromatic rings. The lowest BCUT2D eigenvalue weighted by atomic mass is 10.1. The van der Waals surface area contributed by atoms with Crippen molar-refractivity contribution < 1.29 is 9.90 Å². The number of β-amino-alcohol motifs (C(OH)–C–C–N with tert-alkyl or cyclic N) is 1. The van der Waals surface area contributed by atoms with Crippen molar-refractivity contribution in [3.63, 3.8) is 0 Å². The molecule has 0 spiro atoms.